The molecule has 0 radical (unpaired) electrons. The van der Waals surface area contributed by atoms with Crippen LogP contribution >= 0.6 is 24.0 Å². The molecular formula is C16H24IN5O. The zero-order chi connectivity index (χ0) is 15.8. The maximum atomic E-state index is 5.09. The highest BCUT2D eigenvalue weighted by Gasteiger charge is 2.05. The van der Waals surface area contributed by atoms with Crippen LogP contribution in [0, 0.1) is 6.92 Å². The van der Waals surface area contributed by atoms with Crippen molar-refractivity contribution in [2.24, 2.45) is 4.99 Å². The van der Waals surface area contributed by atoms with E-state index in [1.165, 1.54) is 11.1 Å². The van der Waals surface area contributed by atoms with Crippen molar-refractivity contribution in [2.75, 3.05) is 6.54 Å². The van der Waals surface area contributed by atoms with Crippen LogP contribution in [0.2, 0.25) is 0 Å². The fraction of sp³-hybridized carbons (Fsp3) is 0.438. The number of nitrogens with zero attached hydrogens (tertiary/aromatic N) is 3. The molecule has 1 aromatic heterocycles. The molecule has 7 heteroatoms. The first-order valence-corrected chi connectivity index (χ1v) is 7.61. The lowest BCUT2D eigenvalue weighted by Gasteiger charge is -2.10. The van der Waals surface area contributed by atoms with Crippen LogP contribution in [-0.2, 0) is 19.5 Å². The second-order valence-corrected chi connectivity index (χ2v) is 4.91. The topological polar surface area (TPSA) is 75.3 Å². The van der Waals surface area contributed by atoms with Gasteiger partial charge in [-0.05, 0) is 31.4 Å². The molecule has 0 amide bonds. The van der Waals surface area contributed by atoms with Gasteiger partial charge in [0.15, 0.2) is 11.8 Å². The molecule has 2 rings (SSSR count). The van der Waals surface area contributed by atoms with Gasteiger partial charge in [0.05, 0.1) is 13.1 Å². The van der Waals surface area contributed by atoms with Crippen LogP contribution in [0.25, 0.3) is 0 Å². The van der Waals surface area contributed by atoms with Crippen LogP contribution in [0.3, 0.4) is 0 Å². The summed E-state index contributed by atoms with van der Waals surface area (Å²) in [6.45, 7) is 7.89. The number of guanidine groups is 1. The van der Waals surface area contributed by atoms with Crippen molar-refractivity contribution < 1.29 is 4.52 Å². The second kappa shape index (κ2) is 10.2. The first kappa shape index (κ1) is 19.4. The van der Waals surface area contributed by atoms with E-state index in [0.717, 1.165) is 18.9 Å². The largest absolute Gasteiger partial charge is 0.357 e. The third-order valence-electron chi connectivity index (χ3n) is 3.23. The van der Waals surface area contributed by atoms with Gasteiger partial charge in [-0.2, -0.15) is 4.98 Å². The lowest BCUT2D eigenvalue weighted by atomic mass is 10.1. The van der Waals surface area contributed by atoms with E-state index in [2.05, 4.69) is 50.9 Å². The van der Waals surface area contributed by atoms with E-state index < -0.39 is 0 Å². The molecule has 0 aliphatic heterocycles. The number of nitrogens with one attached hydrogen (secondary N) is 2. The van der Waals surface area contributed by atoms with Gasteiger partial charge in [0.2, 0.25) is 5.89 Å². The van der Waals surface area contributed by atoms with Gasteiger partial charge in [0.25, 0.3) is 0 Å². The molecule has 0 aliphatic rings. The number of hydrogen-bond acceptors (Lipinski definition) is 4. The highest BCUT2D eigenvalue weighted by atomic mass is 127. The van der Waals surface area contributed by atoms with Gasteiger partial charge in [-0.15, -0.1) is 24.0 Å². The van der Waals surface area contributed by atoms with Gasteiger partial charge < -0.3 is 15.2 Å². The Labute approximate surface area is 154 Å². The monoisotopic (exact) mass is 429 g/mol. The van der Waals surface area contributed by atoms with Crippen molar-refractivity contribution >= 4 is 29.9 Å². The van der Waals surface area contributed by atoms with Crippen molar-refractivity contribution in [1.82, 2.24) is 20.8 Å². The maximum absolute atomic E-state index is 5.09. The standard InChI is InChI=1S/C16H23N5O.HI/c1-4-13-8-6-7-9-14(13)10-18-16(17-5-2)19-11-15-20-12(3)21-22-15;/h6-9H,4-5,10-11H2,1-3H3,(H2,17,18,19);1H. The van der Waals surface area contributed by atoms with Gasteiger partial charge in [0.1, 0.15) is 0 Å². The van der Waals surface area contributed by atoms with Crippen LogP contribution in [0.4, 0.5) is 0 Å². The Morgan fingerprint density at radius 3 is 2.52 bits per heavy atom. The number of aliphatic imine (C=N–C) groups is 1. The van der Waals surface area contributed by atoms with Crippen molar-refractivity contribution in [2.45, 2.75) is 40.3 Å². The first-order chi connectivity index (χ1) is 10.7. The number of benzene rings is 1. The van der Waals surface area contributed by atoms with Crippen LogP contribution < -0.4 is 10.6 Å². The fourth-order valence-electron chi connectivity index (χ4n) is 2.13. The van der Waals surface area contributed by atoms with Crippen molar-refractivity contribution in [3.63, 3.8) is 0 Å². The van der Waals surface area contributed by atoms with Crippen LogP contribution in [0.1, 0.15) is 36.7 Å². The lowest BCUT2D eigenvalue weighted by Crippen LogP contribution is -2.36. The summed E-state index contributed by atoms with van der Waals surface area (Å²) in [5, 5.41) is 10.2. The Morgan fingerprint density at radius 2 is 1.91 bits per heavy atom. The minimum absolute atomic E-state index is 0. The molecule has 0 atom stereocenters. The molecule has 2 aromatic rings. The zero-order valence-corrected chi connectivity index (χ0v) is 16.1. The Morgan fingerprint density at radius 1 is 1.17 bits per heavy atom. The first-order valence-electron chi connectivity index (χ1n) is 7.61. The Kier molecular flexibility index (Phi) is 8.60. The molecule has 1 heterocycles. The molecule has 0 saturated carbocycles. The third-order valence-corrected chi connectivity index (χ3v) is 3.23. The maximum Gasteiger partial charge on any atom is 0.246 e. The van der Waals surface area contributed by atoms with Gasteiger partial charge in [0, 0.05) is 6.54 Å². The van der Waals surface area contributed by atoms with Crippen LogP contribution in [0.15, 0.2) is 33.8 Å². The molecule has 2 N–H and O–H groups in total. The molecule has 0 unspecified atom stereocenters. The van der Waals surface area contributed by atoms with Crippen molar-refractivity contribution in [3.05, 3.63) is 47.1 Å². The average molecular weight is 429 g/mol. The molecule has 0 fully saturated rings. The van der Waals surface area contributed by atoms with E-state index in [1.54, 1.807) is 6.92 Å². The summed E-state index contributed by atoms with van der Waals surface area (Å²) in [6, 6.07) is 8.37. The van der Waals surface area contributed by atoms with Crippen molar-refractivity contribution in [1.29, 1.82) is 0 Å². The predicted octanol–water partition coefficient (Wildman–Crippen LogP) is 2.81. The highest BCUT2D eigenvalue weighted by molar-refractivity contribution is 14.0. The number of aryl methyl sites for hydroxylation is 2. The summed E-state index contributed by atoms with van der Waals surface area (Å²) in [5.74, 6) is 1.93. The van der Waals surface area contributed by atoms with E-state index >= 15 is 0 Å². The van der Waals surface area contributed by atoms with Gasteiger partial charge in [-0.25, -0.2) is 4.99 Å². The Hall–Kier alpha value is -1.64. The molecule has 0 saturated heterocycles. The van der Waals surface area contributed by atoms with Crippen LogP contribution in [-0.4, -0.2) is 22.6 Å². The summed E-state index contributed by atoms with van der Waals surface area (Å²) >= 11 is 0. The molecule has 126 valence electrons. The number of aromatic nitrogens is 2. The number of rotatable bonds is 6. The minimum Gasteiger partial charge on any atom is -0.357 e. The molecule has 0 bridgehead atoms. The SMILES string of the molecule is CCNC(=NCc1ccccc1CC)NCc1nc(C)no1.I. The smallest absolute Gasteiger partial charge is 0.246 e. The summed E-state index contributed by atoms with van der Waals surface area (Å²) in [7, 11) is 0. The van der Waals surface area contributed by atoms with Gasteiger partial charge in [-0.3, -0.25) is 0 Å². The van der Waals surface area contributed by atoms with E-state index in [-0.39, 0.29) is 24.0 Å². The average Bonchev–Trinajstić information content (AvgIpc) is 2.96. The summed E-state index contributed by atoms with van der Waals surface area (Å²) in [6.07, 6.45) is 1.01. The van der Waals surface area contributed by atoms with Crippen LogP contribution in [0.5, 0.6) is 0 Å². The lowest BCUT2D eigenvalue weighted by molar-refractivity contribution is 0.371. The molecule has 1 aromatic carbocycles. The van der Waals surface area contributed by atoms with Gasteiger partial charge >= 0.3 is 0 Å². The predicted molar refractivity (Wildman–Crippen MR) is 102 cm³/mol. The molecular weight excluding hydrogens is 405 g/mol. The quantitative estimate of drug-likeness (QED) is 0.420. The third kappa shape index (κ3) is 6.17. The van der Waals surface area contributed by atoms with E-state index in [0.29, 0.717) is 24.8 Å². The molecule has 23 heavy (non-hydrogen) atoms. The van der Waals surface area contributed by atoms with Gasteiger partial charge in [-0.1, -0.05) is 36.3 Å². The summed E-state index contributed by atoms with van der Waals surface area (Å²) < 4.78 is 5.09. The normalized spacial score (nSPS) is 11.0. The van der Waals surface area contributed by atoms with E-state index in [9.17, 15) is 0 Å². The minimum atomic E-state index is 0. The number of hydrogen-bond donors (Lipinski definition) is 2. The number of halogens is 1. The Bertz CT molecular complexity index is 626. The van der Waals surface area contributed by atoms with E-state index in [1.807, 2.05) is 13.0 Å². The zero-order valence-electron chi connectivity index (χ0n) is 13.8. The van der Waals surface area contributed by atoms with E-state index in [4.69, 9.17) is 4.52 Å². The fourth-order valence-corrected chi connectivity index (χ4v) is 2.13. The second-order valence-electron chi connectivity index (χ2n) is 4.91. The molecule has 0 aliphatic carbocycles. The molecule has 0 spiro atoms. The summed E-state index contributed by atoms with van der Waals surface area (Å²) in [4.78, 5) is 8.78. The Balaban J connectivity index is 0.00000264. The van der Waals surface area contributed by atoms with Crippen molar-refractivity contribution in [3.8, 4) is 0 Å². The molecule has 6 nitrogen and oxygen atoms in total. The summed E-state index contributed by atoms with van der Waals surface area (Å²) in [5.41, 5.74) is 2.57. The highest BCUT2D eigenvalue weighted by Crippen LogP contribution is 2.10.